The average molecular weight is 474 g/mol. The van der Waals surface area contributed by atoms with Crippen LogP contribution in [0.15, 0.2) is 42.5 Å². The van der Waals surface area contributed by atoms with E-state index in [0.717, 1.165) is 11.1 Å². The van der Waals surface area contributed by atoms with E-state index in [2.05, 4.69) is 22.5 Å². The molecule has 0 saturated carbocycles. The summed E-state index contributed by atoms with van der Waals surface area (Å²) in [6, 6.07) is 6.79. The number of rotatable bonds is 14. The van der Waals surface area contributed by atoms with Crippen LogP contribution in [0, 0.1) is 11.8 Å². The highest BCUT2D eigenvalue weighted by atomic mass is 16.5. The summed E-state index contributed by atoms with van der Waals surface area (Å²) in [5, 5.41) is 8.05. The molecule has 8 nitrogen and oxygen atoms in total. The van der Waals surface area contributed by atoms with Crippen LogP contribution in [0.3, 0.4) is 0 Å². The lowest BCUT2D eigenvalue weighted by molar-refractivity contribution is -0.131. The van der Waals surface area contributed by atoms with Gasteiger partial charge in [-0.3, -0.25) is 9.59 Å². The predicted molar refractivity (Wildman–Crippen MR) is 132 cm³/mol. The van der Waals surface area contributed by atoms with Crippen molar-refractivity contribution in [1.82, 2.24) is 16.0 Å². The molecule has 0 unspecified atom stereocenters. The molecule has 0 bridgehead atoms. The van der Waals surface area contributed by atoms with Crippen molar-refractivity contribution in [2.45, 2.75) is 78.6 Å². The highest BCUT2D eigenvalue weighted by molar-refractivity contribution is 5.92. The van der Waals surface area contributed by atoms with E-state index >= 15 is 0 Å². The molecule has 0 aliphatic carbocycles. The summed E-state index contributed by atoms with van der Waals surface area (Å²) in [6.07, 6.45) is 1.02. The van der Waals surface area contributed by atoms with Gasteiger partial charge < -0.3 is 25.5 Å². The van der Waals surface area contributed by atoms with Crippen LogP contribution < -0.4 is 16.0 Å². The zero-order valence-electron chi connectivity index (χ0n) is 20.9. The minimum absolute atomic E-state index is 0.0802. The van der Waals surface area contributed by atoms with Gasteiger partial charge in [-0.1, -0.05) is 63.6 Å². The van der Waals surface area contributed by atoms with Crippen molar-refractivity contribution in [3.8, 4) is 0 Å². The minimum Gasteiger partial charge on any atom is -0.445 e. The van der Waals surface area contributed by atoms with Gasteiger partial charge in [0.1, 0.15) is 25.0 Å². The maximum absolute atomic E-state index is 13.1. The fourth-order valence-electron chi connectivity index (χ4n) is 3.38. The average Bonchev–Trinajstić information content (AvgIpc) is 2.76. The number of nitrogens with one attached hydrogen (secondary N) is 3. The van der Waals surface area contributed by atoms with E-state index in [0.29, 0.717) is 25.5 Å². The standard InChI is InChI=1S/C26H39N3O5/c1-17(2)12-21(15-30)27-24(31)22(13-18(3)4)28-25(32)23(14-19(5)6)29-26(33)34-16-20-10-8-7-9-11-20/h7-11,15,18-19,21-23H,1,12-14,16H2,2-6H3,(H,27,31)(H,28,32)(H,29,33)/t21-,22-,23+/m1/s1. The summed E-state index contributed by atoms with van der Waals surface area (Å²) in [5.74, 6) is -0.708. The third-order valence-electron chi connectivity index (χ3n) is 4.93. The molecule has 0 saturated heterocycles. The Morgan fingerprint density at radius 2 is 1.44 bits per heavy atom. The van der Waals surface area contributed by atoms with Crippen LogP contribution in [0.2, 0.25) is 0 Å². The van der Waals surface area contributed by atoms with Gasteiger partial charge in [0.25, 0.3) is 0 Å². The van der Waals surface area contributed by atoms with Crippen LogP contribution >= 0.6 is 0 Å². The van der Waals surface area contributed by atoms with E-state index in [-0.39, 0.29) is 18.4 Å². The molecule has 0 aromatic heterocycles. The molecule has 188 valence electrons. The largest absolute Gasteiger partial charge is 0.445 e. The number of amides is 3. The Bertz CT molecular complexity index is 823. The maximum Gasteiger partial charge on any atom is 0.408 e. The number of carbonyl (C=O) groups is 4. The van der Waals surface area contributed by atoms with E-state index in [4.69, 9.17) is 4.74 Å². The smallest absolute Gasteiger partial charge is 0.408 e. The zero-order valence-corrected chi connectivity index (χ0v) is 20.9. The molecule has 1 aromatic rings. The van der Waals surface area contributed by atoms with Gasteiger partial charge in [0.2, 0.25) is 11.8 Å². The number of benzene rings is 1. The molecule has 1 rings (SSSR count). The number of aldehydes is 1. The summed E-state index contributed by atoms with van der Waals surface area (Å²) < 4.78 is 5.25. The lowest BCUT2D eigenvalue weighted by Crippen LogP contribution is -2.55. The third kappa shape index (κ3) is 11.6. The first-order chi connectivity index (χ1) is 16.0. The SMILES string of the molecule is C=C(C)C[C@H](C=O)NC(=O)[C@@H](CC(C)C)NC(=O)[C@H](CC(C)C)NC(=O)OCc1ccccc1. The van der Waals surface area contributed by atoms with E-state index in [9.17, 15) is 19.2 Å². The summed E-state index contributed by atoms with van der Waals surface area (Å²) in [4.78, 5) is 49.6. The number of ether oxygens (including phenoxy) is 1. The second-order valence-corrected chi connectivity index (χ2v) is 9.49. The molecule has 1 aromatic carbocycles. The number of hydrogen-bond acceptors (Lipinski definition) is 5. The Morgan fingerprint density at radius 1 is 0.912 bits per heavy atom. The first-order valence-corrected chi connectivity index (χ1v) is 11.7. The molecule has 0 spiro atoms. The van der Waals surface area contributed by atoms with Crippen LogP contribution in [0.4, 0.5) is 4.79 Å². The minimum atomic E-state index is -0.872. The molecule has 8 heteroatoms. The van der Waals surface area contributed by atoms with Crippen molar-refractivity contribution in [3.63, 3.8) is 0 Å². The highest BCUT2D eigenvalue weighted by Gasteiger charge is 2.29. The molecule has 3 amide bonds. The molecule has 0 aliphatic heterocycles. The van der Waals surface area contributed by atoms with Crippen molar-refractivity contribution in [1.29, 1.82) is 0 Å². The third-order valence-corrected chi connectivity index (χ3v) is 4.93. The van der Waals surface area contributed by atoms with E-state index in [1.54, 1.807) is 6.92 Å². The topological polar surface area (TPSA) is 114 Å². The number of hydrogen-bond donors (Lipinski definition) is 3. The Morgan fingerprint density at radius 3 is 1.94 bits per heavy atom. The summed E-state index contributed by atoms with van der Waals surface area (Å²) >= 11 is 0. The molecular formula is C26H39N3O5. The quantitative estimate of drug-likeness (QED) is 0.283. The Kier molecular flexibility index (Phi) is 12.6. The molecular weight excluding hydrogens is 434 g/mol. The molecule has 0 heterocycles. The van der Waals surface area contributed by atoms with Crippen LogP contribution in [-0.4, -0.2) is 42.3 Å². The summed E-state index contributed by atoms with van der Waals surface area (Å²) in [5.41, 5.74) is 1.59. The maximum atomic E-state index is 13.1. The van der Waals surface area contributed by atoms with Gasteiger partial charge in [-0.15, -0.1) is 6.58 Å². The molecule has 0 radical (unpaired) electrons. The van der Waals surface area contributed by atoms with Crippen LogP contribution in [0.1, 0.15) is 59.4 Å². The molecule has 3 N–H and O–H groups in total. The first kappa shape index (κ1) is 28.9. The van der Waals surface area contributed by atoms with Gasteiger partial charge >= 0.3 is 6.09 Å². The monoisotopic (exact) mass is 473 g/mol. The van der Waals surface area contributed by atoms with Crippen LogP contribution in [0.25, 0.3) is 0 Å². The van der Waals surface area contributed by atoms with Crippen LogP contribution in [0.5, 0.6) is 0 Å². The van der Waals surface area contributed by atoms with Crippen molar-refractivity contribution >= 4 is 24.2 Å². The van der Waals surface area contributed by atoms with Gasteiger partial charge in [-0.2, -0.15) is 0 Å². The molecule has 0 fully saturated rings. The summed E-state index contributed by atoms with van der Waals surface area (Å²) in [6.45, 7) is 13.4. The van der Waals surface area contributed by atoms with Gasteiger partial charge in [-0.25, -0.2) is 4.79 Å². The lowest BCUT2D eigenvalue weighted by atomic mass is 9.99. The van der Waals surface area contributed by atoms with Crippen molar-refractivity contribution < 1.29 is 23.9 Å². The second-order valence-electron chi connectivity index (χ2n) is 9.49. The number of carbonyl (C=O) groups excluding carboxylic acids is 4. The molecule has 0 aliphatic rings. The Hall–Kier alpha value is -3.16. The molecule has 3 atom stereocenters. The lowest BCUT2D eigenvalue weighted by Gasteiger charge is -2.26. The van der Waals surface area contributed by atoms with E-state index in [1.165, 1.54) is 0 Å². The first-order valence-electron chi connectivity index (χ1n) is 11.7. The van der Waals surface area contributed by atoms with Crippen molar-refractivity contribution in [3.05, 3.63) is 48.0 Å². The normalized spacial score (nSPS) is 13.5. The number of alkyl carbamates (subject to hydrolysis) is 1. The zero-order chi connectivity index (χ0) is 25.7. The van der Waals surface area contributed by atoms with Gasteiger partial charge in [-0.05, 0) is 43.6 Å². The second kappa shape index (κ2) is 14.9. The van der Waals surface area contributed by atoms with Gasteiger partial charge in [0, 0.05) is 0 Å². The Labute approximate surface area is 202 Å². The van der Waals surface area contributed by atoms with Gasteiger partial charge in [0.15, 0.2) is 0 Å². The fourth-order valence-corrected chi connectivity index (χ4v) is 3.38. The van der Waals surface area contributed by atoms with Crippen molar-refractivity contribution in [2.24, 2.45) is 11.8 Å². The Balaban J connectivity index is 2.85. The summed E-state index contributed by atoms with van der Waals surface area (Å²) in [7, 11) is 0. The van der Waals surface area contributed by atoms with Crippen molar-refractivity contribution in [2.75, 3.05) is 0 Å². The van der Waals surface area contributed by atoms with E-state index in [1.807, 2.05) is 58.0 Å². The van der Waals surface area contributed by atoms with Crippen LogP contribution in [-0.2, 0) is 25.7 Å². The predicted octanol–water partition coefficient (Wildman–Crippen LogP) is 3.51. The fraction of sp³-hybridized carbons (Fsp3) is 0.538. The van der Waals surface area contributed by atoms with Gasteiger partial charge in [0.05, 0.1) is 6.04 Å². The highest BCUT2D eigenvalue weighted by Crippen LogP contribution is 2.10. The molecule has 34 heavy (non-hydrogen) atoms. The van der Waals surface area contributed by atoms with E-state index < -0.39 is 36.0 Å².